The van der Waals surface area contributed by atoms with Crippen LogP contribution in [0.2, 0.25) is 0 Å². The molecule has 0 spiro atoms. The minimum absolute atomic E-state index is 0.0849. The summed E-state index contributed by atoms with van der Waals surface area (Å²) in [6.45, 7) is 0.505. The van der Waals surface area contributed by atoms with Gasteiger partial charge in [-0.2, -0.15) is 8.42 Å². The van der Waals surface area contributed by atoms with Gasteiger partial charge in [0.1, 0.15) is 4.90 Å². The second-order valence-electron chi connectivity index (χ2n) is 2.99. The molecule has 3 N–H and O–H groups in total. The van der Waals surface area contributed by atoms with Crippen LogP contribution >= 0.6 is 0 Å². The third-order valence-electron chi connectivity index (χ3n) is 1.83. The fourth-order valence-corrected chi connectivity index (χ4v) is 1.84. The molecule has 0 atom stereocenters. The summed E-state index contributed by atoms with van der Waals surface area (Å²) >= 11 is 0. The topological polar surface area (TPSA) is 80.4 Å². The van der Waals surface area contributed by atoms with E-state index in [0.717, 1.165) is 0 Å². The molecular weight excluding hydrogens is 214 g/mol. The van der Waals surface area contributed by atoms with E-state index in [9.17, 15) is 8.42 Å². The molecule has 0 amide bonds. The summed E-state index contributed by atoms with van der Waals surface area (Å²) in [6, 6.07) is 6.24. The van der Waals surface area contributed by atoms with Gasteiger partial charge in [-0.15, -0.1) is 0 Å². The zero-order valence-electron chi connectivity index (χ0n) is 8.13. The molecule has 0 fully saturated rings. The highest BCUT2D eigenvalue weighted by molar-refractivity contribution is 7.85. The van der Waals surface area contributed by atoms with E-state index in [0.29, 0.717) is 18.5 Å². The predicted octanol–water partition coefficient (Wildman–Crippen LogP) is 1.30. The Balaban J connectivity index is 3.08. The van der Waals surface area contributed by atoms with Crippen LogP contribution in [0.3, 0.4) is 0 Å². The fourth-order valence-electron chi connectivity index (χ4n) is 1.16. The first-order valence-corrected chi connectivity index (χ1v) is 5.93. The van der Waals surface area contributed by atoms with E-state index in [4.69, 9.17) is 10.3 Å². The maximum atomic E-state index is 11.0. The third kappa shape index (κ3) is 3.47. The van der Waals surface area contributed by atoms with Gasteiger partial charge in [0.2, 0.25) is 0 Å². The number of rotatable bonds is 4. The monoisotopic (exact) mass is 227 g/mol. The van der Waals surface area contributed by atoms with Crippen molar-refractivity contribution >= 4 is 16.2 Å². The summed E-state index contributed by atoms with van der Waals surface area (Å²) in [5, 5.41) is 0. The third-order valence-corrected chi connectivity index (χ3v) is 2.76. The highest BCUT2D eigenvalue weighted by Crippen LogP contribution is 2.16. The molecular formula is C10H13NO3S. The maximum Gasteiger partial charge on any atom is 0.295 e. The Kier molecular flexibility index (Phi) is 4.02. The molecule has 1 rings (SSSR count). The van der Waals surface area contributed by atoms with Crippen LogP contribution in [-0.4, -0.2) is 19.5 Å². The average molecular weight is 227 g/mol. The van der Waals surface area contributed by atoms with Gasteiger partial charge in [0.25, 0.3) is 10.1 Å². The maximum absolute atomic E-state index is 11.0. The molecule has 1 aromatic carbocycles. The number of benzene rings is 1. The van der Waals surface area contributed by atoms with E-state index >= 15 is 0 Å². The second kappa shape index (κ2) is 5.06. The molecule has 15 heavy (non-hydrogen) atoms. The van der Waals surface area contributed by atoms with Crippen molar-refractivity contribution in [3.63, 3.8) is 0 Å². The molecule has 0 saturated carbocycles. The minimum atomic E-state index is -4.15. The van der Waals surface area contributed by atoms with E-state index in [1.165, 1.54) is 6.07 Å². The smallest absolute Gasteiger partial charge is 0.295 e. The summed E-state index contributed by atoms with van der Waals surface area (Å²) in [7, 11) is -4.15. The Bertz CT molecular complexity index is 451. The van der Waals surface area contributed by atoms with Crippen molar-refractivity contribution in [2.75, 3.05) is 6.54 Å². The normalized spacial score (nSPS) is 12.1. The number of hydrogen-bond acceptors (Lipinski definition) is 3. The Hall–Kier alpha value is -1.17. The molecule has 0 saturated heterocycles. The van der Waals surface area contributed by atoms with Crippen molar-refractivity contribution in [3.8, 4) is 0 Å². The van der Waals surface area contributed by atoms with Crippen LogP contribution in [0, 0.1) is 0 Å². The summed E-state index contributed by atoms with van der Waals surface area (Å²) < 4.78 is 30.9. The summed E-state index contributed by atoms with van der Waals surface area (Å²) in [6.07, 6.45) is 4.07. The molecule has 0 unspecified atom stereocenters. The van der Waals surface area contributed by atoms with E-state index in [1.807, 2.05) is 0 Å². The van der Waals surface area contributed by atoms with Crippen LogP contribution in [0.4, 0.5) is 0 Å². The van der Waals surface area contributed by atoms with Gasteiger partial charge < -0.3 is 5.73 Å². The molecule has 0 radical (unpaired) electrons. The Morgan fingerprint density at radius 1 is 1.33 bits per heavy atom. The Morgan fingerprint density at radius 2 is 2.00 bits per heavy atom. The van der Waals surface area contributed by atoms with Crippen LogP contribution in [0.25, 0.3) is 6.08 Å². The zero-order valence-corrected chi connectivity index (χ0v) is 8.94. The molecule has 0 aliphatic rings. The van der Waals surface area contributed by atoms with Gasteiger partial charge in [-0.3, -0.25) is 4.55 Å². The lowest BCUT2D eigenvalue weighted by Crippen LogP contribution is -2.00. The van der Waals surface area contributed by atoms with Crippen molar-refractivity contribution in [2.24, 2.45) is 5.73 Å². The first-order chi connectivity index (χ1) is 7.05. The summed E-state index contributed by atoms with van der Waals surface area (Å²) in [5.74, 6) is 0. The van der Waals surface area contributed by atoms with Gasteiger partial charge in [-0.05, 0) is 24.6 Å². The summed E-state index contributed by atoms with van der Waals surface area (Å²) in [5.41, 5.74) is 5.76. The van der Waals surface area contributed by atoms with E-state index in [-0.39, 0.29) is 4.90 Å². The van der Waals surface area contributed by atoms with Crippen molar-refractivity contribution in [1.82, 2.24) is 0 Å². The average Bonchev–Trinajstić information content (AvgIpc) is 2.17. The standard InChI is InChI=1S/C10H13NO3S/c11-8-4-3-6-9-5-1-2-7-10(9)15(12,13)14/h1-3,5-7H,4,8,11H2,(H,12,13,14). The van der Waals surface area contributed by atoms with E-state index in [1.54, 1.807) is 30.4 Å². The molecule has 4 nitrogen and oxygen atoms in total. The molecule has 0 heterocycles. The number of hydrogen-bond donors (Lipinski definition) is 2. The summed E-state index contributed by atoms with van der Waals surface area (Å²) in [4.78, 5) is -0.0849. The van der Waals surface area contributed by atoms with Gasteiger partial charge >= 0.3 is 0 Å². The SMILES string of the molecule is NCCC=Cc1ccccc1S(=O)(=O)O. The Morgan fingerprint density at radius 3 is 2.60 bits per heavy atom. The quantitative estimate of drug-likeness (QED) is 0.760. The predicted molar refractivity (Wildman–Crippen MR) is 59.0 cm³/mol. The second-order valence-corrected chi connectivity index (χ2v) is 4.38. The van der Waals surface area contributed by atoms with Crippen molar-refractivity contribution in [2.45, 2.75) is 11.3 Å². The largest absolute Gasteiger partial charge is 0.330 e. The van der Waals surface area contributed by atoms with Gasteiger partial charge in [0.05, 0.1) is 0 Å². The van der Waals surface area contributed by atoms with Gasteiger partial charge in [-0.1, -0.05) is 30.4 Å². The van der Waals surface area contributed by atoms with Crippen LogP contribution in [0.5, 0.6) is 0 Å². The number of nitrogens with two attached hydrogens (primary N) is 1. The molecule has 1 aromatic rings. The highest BCUT2D eigenvalue weighted by Gasteiger charge is 2.12. The molecule has 5 heteroatoms. The first kappa shape index (κ1) is 11.9. The van der Waals surface area contributed by atoms with Gasteiger partial charge in [0, 0.05) is 0 Å². The van der Waals surface area contributed by atoms with E-state index in [2.05, 4.69) is 0 Å². The Labute approximate surface area is 89.2 Å². The lowest BCUT2D eigenvalue weighted by molar-refractivity contribution is 0.483. The van der Waals surface area contributed by atoms with Crippen molar-refractivity contribution in [1.29, 1.82) is 0 Å². The molecule has 82 valence electrons. The molecule has 0 aliphatic carbocycles. The lowest BCUT2D eigenvalue weighted by atomic mass is 10.2. The van der Waals surface area contributed by atoms with Gasteiger partial charge in [0.15, 0.2) is 0 Å². The zero-order chi connectivity index (χ0) is 11.3. The van der Waals surface area contributed by atoms with Crippen molar-refractivity contribution < 1.29 is 13.0 Å². The lowest BCUT2D eigenvalue weighted by Gasteiger charge is -2.01. The van der Waals surface area contributed by atoms with Crippen LogP contribution in [0.1, 0.15) is 12.0 Å². The minimum Gasteiger partial charge on any atom is -0.330 e. The molecule has 0 bridgehead atoms. The van der Waals surface area contributed by atoms with E-state index < -0.39 is 10.1 Å². The van der Waals surface area contributed by atoms with Crippen LogP contribution in [-0.2, 0) is 10.1 Å². The highest BCUT2D eigenvalue weighted by atomic mass is 32.2. The van der Waals surface area contributed by atoms with Crippen molar-refractivity contribution in [3.05, 3.63) is 35.9 Å². The van der Waals surface area contributed by atoms with Crippen LogP contribution < -0.4 is 5.73 Å². The fraction of sp³-hybridized carbons (Fsp3) is 0.200. The molecule has 0 aromatic heterocycles. The van der Waals surface area contributed by atoms with Gasteiger partial charge in [-0.25, -0.2) is 0 Å². The first-order valence-electron chi connectivity index (χ1n) is 4.49. The molecule has 0 aliphatic heterocycles. The van der Waals surface area contributed by atoms with Crippen LogP contribution in [0.15, 0.2) is 35.2 Å².